The van der Waals surface area contributed by atoms with Crippen molar-refractivity contribution in [2.45, 2.75) is 31.6 Å². The smallest absolute Gasteiger partial charge is 0.184 e. The van der Waals surface area contributed by atoms with Crippen LogP contribution in [0.15, 0.2) is 126 Å². The Morgan fingerprint density at radius 1 is 0.980 bits per heavy atom. The van der Waals surface area contributed by atoms with Crippen LogP contribution in [0.4, 0.5) is 4.39 Å². The number of ether oxygens (including phenoxy) is 3. The van der Waals surface area contributed by atoms with Crippen LogP contribution >= 0.6 is 12.2 Å². The Morgan fingerprint density at radius 2 is 1.80 bits per heavy atom. The molecular weight excluding hydrogens is 662 g/mol. The van der Waals surface area contributed by atoms with E-state index in [4.69, 9.17) is 37.1 Å². The van der Waals surface area contributed by atoms with Crippen molar-refractivity contribution < 1.29 is 18.6 Å². The van der Waals surface area contributed by atoms with Crippen LogP contribution < -0.4 is 25.4 Å². The van der Waals surface area contributed by atoms with Gasteiger partial charge in [-0.2, -0.15) is 5.10 Å². The van der Waals surface area contributed by atoms with E-state index >= 15 is 4.39 Å². The first kappa shape index (κ1) is 33.6. The van der Waals surface area contributed by atoms with Gasteiger partial charge in [0.25, 0.3) is 0 Å². The summed E-state index contributed by atoms with van der Waals surface area (Å²) >= 11 is 4.88. The lowest BCUT2D eigenvalue weighted by Gasteiger charge is -2.30. The summed E-state index contributed by atoms with van der Waals surface area (Å²) in [4.78, 5) is 9.49. The number of methoxy groups -OCH3 is 1. The maximum absolute atomic E-state index is 15.9. The molecule has 0 saturated carbocycles. The molecular formula is C41H36FN5O3S. The fourth-order valence-corrected chi connectivity index (χ4v) is 6.51. The Labute approximate surface area is 300 Å². The highest BCUT2D eigenvalue weighted by Gasteiger charge is 2.34. The van der Waals surface area contributed by atoms with E-state index in [2.05, 4.69) is 46.7 Å². The first-order chi connectivity index (χ1) is 24.8. The number of fused-ring (bicyclic) bond motifs is 3. The van der Waals surface area contributed by atoms with Crippen molar-refractivity contribution in [2.24, 2.45) is 10.8 Å². The number of aromatic nitrogens is 2. The molecule has 4 aromatic carbocycles. The lowest BCUT2D eigenvalue weighted by molar-refractivity contribution is 0.290. The second-order valence-corrected chi connectivity index (χ2v) is 12.9. The van der Waals surface area contributed by atoms with Crippen molar-refractivity contribution in [1.29, 1.82) is 0 Å². The van der Waals surface area contributed by atoms with Gasteiger partial charge in [-0.15, -0.1) is 0 Å². The van der Waals surface area contributed by atoms with E-state index in [1.165, 1.54) is 10.9 Å². The van der Waals surface area contributed by atoms with Gasteiger partial charge in [0.15, 0.2) is 22.4 Å². The summed E-state index contributed by atoms with van der Waals surface area (Å²) in [5, 5.41) is 7.13. The second kappa shape index (κ2) is 14.5. The number of nitrogens with one attached hydrogen (secondary N) is 1. The Bertz CT molecular complexity index is 2360. The number of hydrogen-bond acceptors (Lipinski definition) is 7. The summed E-state index contributed by atoms with van der Waals surface area (Å²) in [6, 6.07) is 29.6. The molecule has 2 aromatic heterocycles. The number of hydrogen-bond donors (Lipinski definition) is 2. The molecule has 6 aromatic rings. The zero-order valence-electron chi connectivity index (χ0n) is 28.2. The minimum absolute atomic E-state index is 0.0127. The van der Waals surface area contributed by atoms with Crippen LogP contribution in [0.2, 0.25) is 0 Å². The molecule has 0 radical (unpaired) electrons. The van der Waals surface area contributed by atoms with Gasteiger partial charge < -0.3 is 19.9 Å². The molecule has 2 heterocycles. The van der Waals surface area contributed by atoms with Gasteiger partial charge in [0.1, 0.15) is 11.6 Å². The molecule has 256 valence electrons. The number of para-hydroxylation sites is 1. The summed E-state index contributed by atoms with van der Waals surface area (Å²) < 4.78 is 34.0. The summed E-state index contributed by atoms with van der Waals surface area (Å²) in [7, 11) is 1.59. The van der Waals surface area contributed by atoms with Crippen LogP contribution in [0.3, 0.4) is 0 Å². The third-order valence-electron chi connectivity index (χ3n) is 9.06. The molecule has 1 aliphatic rings. The van der Waals surface area contributed by atoms with Crippen molar-refractivity contribution in [3.63, 3.8) is 0 Å². The molecule has 0 amide bonds. The van der Waals surface area contributed by atoms with Crippen LogP contribution in [-0.4, -0.2) is 35.0 Å². The summed E-state index contributed by atoms with van der Waals surface area (Å²) in [6.45, 7) is 2.57. The molecule has 1 atom stereocenters. The molecule has 0 fully saturated rings. The highest BCUT2D eigenvalue weighted by molar-refractivity contribution is 7.80. The first-order valence-corrected chi connectivity index (χ1v) is 17.0. The summed E-state index contributed by atoms with van der Waals surface area (Å²) in [5.74, 6) is 1.18. The zero-order valence-corrected chi connectivity index (χ0v) is 29.0. The molecule has 10 heteroatoms. The molecule has 0 bridgehead atoms. The van der Waals surface area contributed by atoms with Gasteiger partial charge in [-0.3, -0.25) is 10.4 Å². The third-order valence-corrected chi connectivity index (χ3v) is 9.15. The number of halogens is 1. The van der Waals surface area contributed by atoms with Crippen molar-refractivity contribution in [1.82, 2.24) is 15.4 Å². The summed E-state index contributed by atoms with van der Waals surface area (Å²) in [6.07, 6.45) is 8.31. The number of allylic oxidation sites excluding steroid dienone is 3. The zero-order chi connectivity index (χ0) is 35.4. The van der Waals surface area contributed by atoms with E-state index in [0.717, 1.165) is 40.4 Å². The average molecular weight is 698 g/mol. The van der Waals surface area contributed by atoms with Crippen molar-refractivity contribution in [2.75, 3.05) is 13.7 Å². The molecule has 1 aliphatic carbocycles. The Balaban J connectivity index is 1.08. The monoisotopic (exact) mass is 697 g/mol. The molecule has 0 saturated heterocycles. The predicted octanol–water partition coefficient (Wildman–Crippen LogP) is 8.54. The van der Waals surface area contributed by atoms with Gasteiger partial charge in [-0.1, -0.05) is 66.7 Å². The quantitative estimate of drug-likeness (QED) is 0.0457. The molecule has 0 aliphatic heterocycles. The minimum atomic E-state index is -0.871. The van der Waals surface area contributed by atoms with Crippen LogP contribution in [0, 0.1) is 6.92 Å². The lowest BCUT2D eigenvalue weighted by atomic mass is 9.76. The van der Waals surface area contributed by atoms with E-state index < -0.39 is 11.2 Å². The van der Waals surface area contributed by atoms with Gasteiger partial charge in [0.2, 0.25) is 0 Å². The van der Waals surface area contributed by atoms with E-state index in [-0.39, 0.29) is 17.3 Å². The van der Waals surface area contributed by atoms with Crippen LogP contribution in [0.1, 0.15) is 29.5 Å². The predicted molar refractivity (Wildman–Crippen MR) is 205 cm³/mol. The standard InChI is InChI=1S/C41H36FN5O3S/c1-26-14-15-27(30-21-28-9-6-7-13-33(28)46-39(26)30)10-8-20-49-38-23-34-31(22-37(38)48-2)35(17-19-44-34)50-36-16-18-41(24-32(36)42,25-45-47-40(43)51)29-11-4-3-5-12-29/h3-7,9,11-19,21-23,25H,8,10,20,24H2,1-2H3,(H3,43,47,51). The number of pyridine rings is 2. The molecule has 8 nitrogen and oxygen atoms in total. The first-order valence-electron chi connectivity index (χ1n) is 16.6. The maximum Gasteiger partial charge on any atom is 0.184 e. The number of thiocarbonyl (C=S) groups is 1. The summed E-state index contributed by atoms with van der Waals surface area (Å²) in [5.41, 5.74) is 13.1. The van der Waals surface area contributed by atoms with Gasteiger partial charge in [-0.05, 0) is 79.0 Å². The van der Waals surface area contributed by atoms with Crippen molar-refractivity contribution in [3.05, 3.63) is 138 Å². The molecule has 3 N–H and O–H groups in total. The molecule has 51 heavy (non-hydrogen) atoms. The topological polar surface area (TPSA) is 104 Å². The van der Waals surface area contributed by atoms with E-state index in [9.17, 15) is 0 Å². The second-order valence-electron chi connectivity index (χ2n) is 12.4. The average Bonchev–Trinajstić information content (AvgIpc) is 3.14. The Hall–Kier alpha value is -5.87. The number of hydrazone groups is 1. The third kappa shape index (κ3) is 7.09. The number of nitrogens with two attached hydrogens (primary N) is 1. The maximum atomic E-state index is 15.9. The number of rotatable bonds is 11. The highest BCUT2D eigenvalue weighted by atomic mass is 32.1. The van der Waals surface area contributed by atoms with Gasteiger partial charge in [0.05, 0.1) is 35.7 Å². The van der Waals surface area contributed by atoms with E-state index in [0.29, 0.717) is 34.8 Å². The highest BCUT2D eigenvalue weighted by Crippen LogP contribution is 2.40. The van der Waals surface area contributed by atoms with Gasteiger partial charge >= 0.3 is 0 Å². The van der Waals surface area contributed by atoms with Crippen LogP contribution in [0.5, 0.6) is 17.2 Å². The van der Waals surface area contributed by atoms with E-state index in [1.807, 2.05) is 66.7 Å². The van der Waals surface area contributed by atoms with Gasteiger partial charge in [0, 0.05) is 41.1 Å². The lowest BCUT2D eigenvalue weighted by Crippen LogP contribution is -2.31. The van der Waals surface area contributed by atoms with Crippen molar-refractivity contribution in [3.8, 4) is 17.2 Å². The van der Waals surface area contributed by atoms with Crippen LogP contribution in [0.25, 0.3) is 32.7 Å². The minimum Gasteiger partial charge on any atom is -0.493 e. The normalized spacial score (nSPS) is 15.9. The number of nitrogens with zero attached hydrogens (tertiary/aromatic N) is 3. The SMILES string of the molecule is COc1cc2c(OC3=C(F)CC(C=NNC(N)=S)(c4ccccc4)C=C3)ccnc2cc1OCCCc1ccc(C)c2nc3ccccc3cc12. The molecule has 1 unspecified atom stereocenters. The fraction of sp³-hybridized carbons (Fsp3) is 0.171. The molecule has 7 rings (SSSR count). The molecule has 0 spiro atoms. The van der Waals surface area contributed by atoms with Crippen molar-refractivity contribution >= 4 is 56.3 Å². The van der Waals surface area contributed by atoms with Crippen LogP contribution in [-0.2, 0) is 11.8 Å². The van der Waals surface area contributed by atoms with E-state index in [1.54, 1.807) is 31.7 Å². The Kier molecular flexibility index (Phi) is 9.59. The largest absolute Gasteiger partial charge is 0.493 e. The Morgan fingerprint density at radius 3 is 2.61 bits per heavy atom. The number of benzene rings is 4. The number of aryl methyl sites for hydroxylation is 2. The fourth-order valence-electron chi connectivity index (χ4n) is 6.45. The van der Waals surface area contributed by atoms with Gasteiger partial charge in [-0.25, -0.2) is 9.37 Å².